The summed E-state index contributed by atoms with van der Waals surface area (Å²) in [5.41, 5.74) is 7.82. The molecule has 27 heavy (non-hydrogen) atoms. The number of non-ortho nitro benzene ring substituents is 1. The van der Waals surface area contributed by atoms with E-state index in [0.29, 0.717) is 24.1 Å². The van der Waals surface area contributed by atoms with Crippen molar-refractivity contribution in [3.8, 4) is 0 Å². The van der Waals surface area contributed by atoms with Crippen LogP contribution in [-0.4, -0.2) is 16.6 Å². The van der Waals surface area contributed by atoms with E-state index in [1.165, 1.54) is 18.2 Å². The molecule has 7 nitrogen and oxygen atoms in total. The molecule has 0 heterocycles. The van der Waals surface area contributed by atoms with Gasteiger partial charge in [-0.15, -0.1) is 0 Å². The van der Waals surface area contributed by atoms with Crippen LogP contribution in [0.15, 0.2) is 66.4 Å². The Labute approximate surface area is 156 Å². The number of benzene rings is 2. The third-order valence-corrected chi connectivity index (χ3v) is 4.39. The summed E-state index contributed by atoms with van der Waals surface area (Å²) in [5.74, 6) is -0.195. The Morgan fingerprint density at radius 2 is 1.78 bits per heavy atom. The standard InChI is InChI=1S/C20H19N3O4/c24-19-12-16(15-4-2-1-3-5-15)11-17(13-19)21-22-20(25)10-14-6-8-18(9-7-14)23(26)27/h1-9,13,16,21H,10-12H2,(H,22,25). The second kappa shape index (κ2) is 8.27. The molecule has 2 N–H and O–H groups in total. The van der Waals surface area contributed by atoms with E-state index in [-0.39, 0.29) is 29.7 Å². The van der Waals surface area contributed by atoms with Gasteiger partial charge in [-0.3, -0.25) is 25.1 Å². The summed E-state index contributed by atoms with van der Waals surface area (Å²) in [4.78, 5) is 34.2. The quantitative estimate of drug-likeness (QED) is 0.605. The summed E-state index contributed by atoms with van der Waals surface area (Å²) in [6, 6.07) is 15.6. The molecule has 0 radical (unpaired) electrons. The molecule has 2 aromatic rings. The van der Waals surface area contributed by atoms with Crippen LogP contribution < -0.4 is 10.9 Å². The zero-order valence-electron chi connectivity index (χ0n) is 14.6. The first kappa shape index (κ1) is 18.3. The van der Waals surface area contributed by atoms with E-state index < -0.39 is 4.92 Å². The van der Waals surface area contributed by atoms with E-state index in [0.717, 1.165) is 5.56 Å². The lowest BCUT2D eigenvalue weighted by atomic mass is 9.86. The summed E-state index contributed by atoms with van der Waals surface area (Å²) in [6.45, 7) is 0. The van der Waals surface area contributed by atoms with Crippen molar-refractivity contribution in [1.82, 2.24) is 10.9 Å². The summed E-state index contributed by atoms with van der Waals surface area (Å²) >= 11 is 0. The minimum Gasteiger partial charge on any atom is -0.303 e. The van der Waals surface area contributed by atoms with Gasteiger partial charge in [0.25, 0.3) is 5.69 Å². The number of nitrogens with zero attached hydrogens (tertiary/aromatic N) is 1. The number of carbonyl (C=O) groups excluding carboxylic acids is 2. The highest BCUT2D eigenvalue weighted by Gasteiger charge is 2.22. The molecule has 0 bridgehead atoms. The number of carbonyl (C=O) groups is 2. The molecule has 1 amide bonds. The van der Waals surface area contributed by atoms with Crippen LogP contribution in [-0.2, 0) is 16.0 Å². The first-order chi connectivity index (χ1) is 13.0. The van der Waals surface area contributed by atoms with Gasteiger partial charge in [0.05, 0.1) is 11.3 Å². The summed E-state index contributed by atoms with van der Waals surface area (Å²) < 4.78 is 0. The van der Waals surface area contributed by atoms with E-state index in [4.69, 9.17) is 0 Å². The molecule has 2 aromatic carbocycles. The van der Waals surface area contributed by atoms with Gasteiger partial charge in [-0.25, -0.2) is 0 Å². The molecule has 0 fully saturated rings. The van der Waals surface area contributed by atoms with Crippen LogP contribution in [0.5, 0.6) is 0 Å². The number of hydrazine groups is 1. The monoisotopic (exact) mass is 365 g/mol. The maximum atomic E-state index is 12.1. The van der Waals surface area contributed by atoms with Crippen molar-refractivity contribution >= 4 is 17.4 Å². The number of ketones is 1. The van der Waals surface area contributed by atoms with Crippen LogP contribution >= 0.6 is 0 Å². The Kier molecular flexibility index (Phi) is 5.61. The van der Waals surface area contributed by atoms with Crippen molar-refractivity contribution < 1.29 is 14.5 Å². The predicted octanol–water partition coefficient (Wildman–Crippen LogP) is 2.79. The highest BCUT2D eigenvalue weighted by atomic mass is 16.6. The van der Waals surface area contributed by atoms with Crippen molar-refractivity contribution in [3.05, 3.63) is 87.6 Å². The van der Waals surface area contributed by atoms with Gasteiger partial charge in [0.15, 0.2) is 5.78 Å². The molecule has 0 spiro atoms. The number of allylic oxidation sites excluding steroid dienone is 2. The van der Waals surface area contributed by atoms with E-state index in [1.54, 1.807) is 12.1 Å². The van der Waals surface area contributed by atoms with E-state index in [1.807, 2.05) is 30.3 Å². The molecule has 0 saturated heterocycles. The molecule has 3 rings (SSSR count). The maximum Gasteiger partial charge on any atom is 0.269 e. The molecule has 1 unspecified atom stereocenters. The third kappa shape index (κ3) is 5.01. The van der Waals surface area contributed by atoms with Crippen molar-refractivity contribution in [2.45, 2.75) is 25.2 Å². The fraction of sp³-hybridized carbons (Fsp3) is 0.200. The normalized spacial score (nSPS) is 16.4. The zero-order valence-corrected chi connectivity index (χ0v) is 14.6. The predicted molar refractivity (Wildman–Crippen MR) is 99.6 cm³/mol. The minimum absolute atomic E-state index is 0.0159. The molecular formula is C20H19N3O4. The molecule has 138 valence electrons. The second-order valence-corrected chi connectivity index (χ2v) is 6.43. The summed E-state index contributed by atoms with van der Waals surface area (Å²) in [5, 5.41) is 10.7. The topological polar surface area (TPSA) is 101 Å². The minimum atomic E-state index is -0.485. The average Bonchev–Trinajstić information content (AvgIpc) is 2.67. The average molecular weight is 365 g/mol. The Balaban J connectivity index is 1.55. The Bertz CT molecular complexity index is 876. The molecular weight excluding hydrogens is 346 g/mol. The molecule has 7 heteroatoms. The Morgan fingerprint density at radius 3 is 2.44 bits per heavy atom. The van der Waals surface area contributed by atoms with Gasteiger partial charge in [-0.1, -0.05) is 42.5 Å². The first-order valence-corrected chi connectivity index (χ1v) is 8.58. The highest BCUT2D eigenvalue weighted by Crippen LogP contribution is 2.29. The molecule has 1 aliphatic carbocycles. The van der Waals surface area contributed by atoms with Gasteiger partial charge in [0.1, 0.15) is 0 Å². The van der Waals surface area contributed by atoms with Crippen molar-refractivity contribution in [2.75, 3.05) is 0 Å². The molecule has 1 atom stereocenters. The van der Waals surface area contributed by atoms with E-state index in [2.05, 4.69) is 10.9 Å². The van der Waals surface area contributed by atoms with Gasteiger partial charge in [0, 0.05) is 30.3 Å². The first-order valence-electron chi connectivity index (χ1n) is 8.58. The number of amides is 1. The number of rotatable bonds is 6. The number of nitrogens with one attached hydrogen (secondary N) is 2. The van der Waals surface area contributed by atoms with E-state index in [9.17, 15) is 19.7 Å². The second-order valence-electron chi connectivity index (χ2n) is 6.43. The van der Waals surface area contributed by atoms with Gasteiger partial charge in [0.2, 0.25) is 5.91 Å². The number of nitro groups is 1. The lowest BCUT2D eigenvalue weighted by Crippen LogP contribution is -2.39. The summed E-state index contributed by atoms with van der Waals surface area (Å²) in [7, 11) is 0. The van der Waals surface area contributed by atoms with Crippen molar-refractivity contribution in [3.63, 3.8) is 0 Å². The Morgan fingerprint density at radius 1 is 1.07 bits per heavy atom. The van der Waals surface area contributed by atoms with Crippen LogP contribution in [0.25, 0.3) is 0 Å². The number of nitro benzene ring substituents is 1. The smallest absolute Gasteiger partial charge is 0.269 e. The van der Waals surface area contributed by atoms with Crippen LogP contribution in [0.4, 0.5) is 5.69 Å². The summed E-state index contributed by atoms with van der Waals surface area (Å²) in [6.07, 6.45) is 2.68. The van der Waals surface area contributed by atoms with Gasteiger partial charge >= 0.3 is 0 Å². The number of hydrogen-bond donors (Lipinski definition) is 2. The largest absolute Gasteiger partial charge is 0.303 e. The molecule has 1 aliphatic rings. The van der Waals surface area contributed by atoms with E-state index >= 15 is 0 Å². The fourth-order valence-electron chi connectivity index (χ4n) is 3.06. The zero-order chi connectivity index (χ0) is 19.2. The maximum absolute atomic E-state index is 12.1. The molecule has 0 aromatic heterocycles. The van der Waals surface area contributed by atoms with Gasteiger partial charge in [-0.05, 0) is 23.5 Å². The number of hydrogen-bond acceptors (Lipinski definition) is 5. The van der Waals surface area contributed by atoms with Crippen molar-refractivity contribution in [1.29, 1.82) is 0 Å². The lowest BCUT2D eigenvalue weighted by Gasteiger charge is -2.23. The van der Waals surface area contributed by atoms with Crippen LogP contribution in [0.3, 0.4) is 0 Å². The van der Waals surface area contributed by atoms with Crippen LogP contribution in [0.1, 0.15) is 29.9 Å². The Hall–Kier alpha value is -3.48. The SMILES string of the molecule is O=C1C=C(NNC(=O)Cc2ccc([N+](=O)[O-])cc2)CC(c2ccccc2)C1. The van der Waals surface area contributed by atoms with Gasteiger partial charge < -0.3 is 5.43 Å². The van der Waals surface area contributed by atoms with Crippen LogP contribution in [0, 0.1) is 10.1 Å². The fourth-order valence-corrected chi connectivity index (χ4v) is 3.06. The third-order valence-electron chi connectivity index (χ3n) is 4.39. The highest BCUT2D eigenvalue weighted by molar-refractivity contribution is 5.92. The van der Waals surface area contributed by atoms with Crippen molar-refractivity contribution in [2.24, 2.45) is 0 Å². The lowest BCUT2D eigenvalue weighted by molar-refractivity contribution is -0.384. The van der Waals surface area contributed by atoms with Gasteiger partial charge in [-0.2, -0.15) is 0 Å². The molecule has 0 saturated carbocycles. The van der Waals surface area contributed by atoms with Crippen LogP contribution in [0.2, 0.25) is 0 Å². The molecule has 0 aliphatic heterocycles.